The monoisotopic (exact) mass is 312 g/mol. The zero-order chi connectivity index (χ0) is 14.9. The summed E-state index contributed by atoms with van der Waals surface area (Å²) in [6.07, 6.45) is 2.27. The third-order valence-electron chi connectivity index (χ3n) is 3.75. The number of thioether (sulfide) groups is 1. The van der Waals surface area contributed by atoms with Crippen molar-refractivity contribution in [3.05, 3.63) is 18.2 Å². The Labute approximate surface area is 131 Å². The van der Waals surface area contributed by atoms with E-state index in [1.54, 1.807) is 19.1 Å². The Kier molecular flexibility index (Phi) is 7.03. The lowest BCUT2D eigenvalue weighted by molar-refractivity contribution is -0.896. The molecule has 1 aromatic rings. The van der Waals surface area contributed by atoms with Crippen LogP contribution in [0.4, 0.5) is 0 Å². The molecule has 0 bridgehead atoms. The zero-order valence-electron chi connectivity index (χ0n) is 13.0. The first-order valence-corrected chi connectivity index (χ1v) is 8.75. The standard InChI is InChI=1S/C16H25NO3S/c1-18-14-6-5-7-15(19-2)16(14)20-11-4-3-8-17-9-12-21-13-10-17/h5-7H,3-4,8-13H2,1-2H3/p+1. The van der Waals surface area contributed by atoms with Crippen LogP contribution in [0.5, 0.6) is 17.2 Å². The van der Waals surface area contributed by atoms with Crippen LogP contribution in [-0.4, -0.2) is 52.0 Å². The molecular weight excluding hydrogens is 286 g/mol. The van der Waals surface area contributed by atoms with Gasteiger partial charge < -0.3 is 19.1 Å². The Morgan fingerprint density at radius 3 is 2.33 bits per heavy atom. The van der Waals surface area contributed by atoms with E-state index in [0.29, 0.717) is 12.4 Å². The van der Waals surface area contributed by atoms with Crippen molar-refractivity contribution in [1.29, 1.82) is 0 Å². The van der Waals surface area contributed by atoms with Gasteiger partial charge in [0.15, 0.2) is 11.5 Å². The van der Waals surface area contributed by atoms with Crippen molar-refractivity contribution >= 4 is 11.8 Å². The van der Waals surface area contributed by atoms with Crippen molar-refractivity contribution < 1.29 is 19.1 Å². The van der Waals surface area contributed by atoms with Gasteiger partial charge in [-0.1, -0.05) is 6.07 Å². The molecular formula is C16H26NO3S+. The van der Waals surface area contributed by atoms with Crippen molar-refractivity contribution in [2.45, 2.75) is 12.8 Å². The van der Waals surface area contributed by atoms with Gasteiger partial charge in [-0.15, -0.1) is 0 Å². The molecule has 5 heteroatoms. The van der Waals surface area contributed by atoms with Gasteiger partial charge in [0.2, 0.25) is 5.75 Å². The van der Waals surface area contributed by atoms with Gasteiger partial charge in [0.25, 0.3) is 0 Å². The summed E-state index contributed by atoms with van der Waals surface area (Å²) in [6.45, 7) is 4.59. The lowest BCUT2D eigenvalue weighted by Gasteiger charge is -2.23. The predicted molar refractivity (Wildman–Crippen MR) is 87.2 cm³/mol. The van der Waals surface area contributed by atoms with E-state index in [4.69, 9.17) is 14.2 Å². The van der Waals surface area contributed by atoms with Gasteiger partial charge >= 0.3 is 0 Å². The molecule has 118 valence electrons. The molecule has 21 heavy (non-hydrogen) atoms. The molecule has 1 fully saturated rings. The van der Waals surface area contributed by atoms with Gasteiger partial charge in [-0.3, -0.25) is 0 Å². The van der Waals surface area contributed by atoms with Crippen LogP contribution in [-0.2, 0) is 0 Å². The Bertz CT molecular complexity index is 400. The molecule has 4 nitrogen and oxygen atoms in total. The molecule has 0 spiro atoms. The first kappa shape index (κ1) is 16.3. The van der Waals surface area contributed by atoms with E-state index in [9.17, 15) is 0 Å². The van der Waals surface area contributed by atoms with Crippen molar-refractivity contribution in [1.82, 2.24) is 0 Å². The maximum absolute atomic E-state index is 5.88. The van der Waals surface area contributed by atoms with Crippen LogP contribution >= 0.6 is 11.8 Å². The highest BCUT2D eigenvalue weighted by atomic mass is 32.2. The smallest absolute Gasteiger partial charge is 0.203 e. The van der Waals surface area contributed by atoms with Gasteiger partial charge in [0, 0.05) is 11.5 Å². The lowest BCUT2D eigenvalue weighted by atomic mass is 10.2. The second-order valence-corrected chi connectivity index (χ2v) is 6.38. The number of quaternary nitrogens is 1. The van der Waals surface area contributed by atoms with Crippen molar-refractivity contribution in [2.24, 2.45) is 0 Å². The number of rotatable bonds is 8. The SMILES string of the molecule is COc1cccc(OC)c1OCCCC[NH+]1CCSCC1. The number of benzene rings is 1. The normalized spacial score (nSPS) is 15.7. The minimum atomic E-state index is 0.707. The van der Waals surface area contributed by atoms with Gasteiger partial charge in [0.05, 0.1) is 40.5 Å². The summed E-state index contributed by atoms with van der Waals surface area (Å²) in [6, 6.07) is 5.70. The van der Waals surface area contributed by atoms with E-state index < -0.39 is 0 Å². The second-order valence-electron chi connectivity index (χ2n) is 5.16. The maximum Gasteiger partial charge on any atom is 0.203 e. The number of ether oxygens (including phenoxy) is 3. The summed E-state index contributed by atoms with van der Waals surface area (Å²) in [4.78, 5) is 1.74. The van der Waals surface area contributed by atoms with E-state index in [0.717, 1.165) is 17.9 Å². The van der Waals surface area contributed by atoms with Crippen LogP contribution in [0.25, 0.3) is 0 Å². The molecule has 1 aromatic carbocycles. The molecule has 0 unspecified atom stereocenters. The molecule has 1 aliphatic heterocycles. The largest absolute Gasteiger partial charge is 0.493 e. The highest BCUT2D eigenvalue weighted by molar-refractivity contribution is 7.99. The maximum atomic E-state index is 5.88. The van der Waals surface area contributed by atoms with Gasteiger partial charge in [-0.25, -0.2) is 0 Å². The average molecular weight is 312 g/mol. The van der Waals surface area contributed by atoms with Crippen LogP contribution in [0.1, 0.15) is 12.8 Å². The fraction of sp³-hybridized carbons (Fsp3) is 0.625. The molecule has 0 aliphatic carbocycles. The topological polar surface area (TPSA) is 32.1 Å². The van der Waals surface area contributed by atoms with Gasteiger partial charge in [-0.05, 0) is 25.0 Å². The highest BCUT2D eigenvalue weighted by Crippen LogP contribution is 2.36. The number of unbranched alkanes of at least 4 members (excludes halogenated alkanes) is 1. The molecule has 1 heterocycles. The van der Waals surface area contributed by atoms with E-state index >= 15 is 0 Å². The molecule has 0 aromatic heterocycles. The van der Waals surface area contributed by atoms with Crippen LogP contribution in [0.2, 0.25) is 0 Å². The van der Waals surface area contributed by atoms with Gasteiger partial charge in [-0.2, -0.15) is 11.8 Å². The van der Waals surface area contributed by atoms with Crippen molar-refractivity contribution in [3.63, 3.8) is 0 Å². The predicted octanol–water partition coefficient (Wildman–Crippen LogP) is 1.49. The summed E-state index contributed by atoms with van der Waals surface area (Å²) in [5, 5.41) is 0. The Hall–Kier alpha value is -1.07. The third kappa shape index (κ3) is 5.00. The molecule has 0 radical (unpaired) electrons. The molecule has 1 N–H and O–H groups in total. The first-order valence-electron chi connectivity index (χ1n) is 7.60. The molecule has 1 aliphatic rings. The fourth-order valence-corrected chi connectivity index (χ4v) is 3.59. The van der Waals surface area contributed by atoms with Crippen LogP contribution in [0.15, 0.2) is 18.2 Å². The van der Waals surface area contributed by atoms with E-state index in [2.05, 4.69) is 11.8 Å². The van der Waals surface area contributed by atoms with Crippen molar-refractivity contribution in [3.8, 4) is 17.2 Å². The fourth-order valence-electron chi connectivity index (χ4n) is 2.52. The Morgan fingerprint density at radius 2 is 1.71 bits per heavy atom. The van der Waals surface area contributed by atoms with E-state index in [1.165, 1.54) is 37.6 Å². The Balaban J connectivity index is 1.72. The van der Waals surface area contributed by atoms with Gasteiger partial charge in [0.1, 0.15) is 0 Å². The van der Waals surface area contributed by atoms with E-state index in [1.807, 2.05) is 18.2 Å². The van der Waals surface area contributed by atoms with Crippen LogP contribution < -0.4 is 19.1 Å². The van der Waals surface area contributed by atoms with Crippen LogP contribution in [0.3, 0.4) is 0 Å². The average Bonchev–Trinajstić information content (AvgIpc) is 2.55. The number of para-hydroxylation sites is 1. The minimum Gasteiger partial charge on any atom is -0.493 e. The molecule has 1 saturated heterocycles. The summed E-state index contributed by atoms with van der Waals surface area (Å²) in [5.41, 5.74) is 0. The molecule has 0 atom stereocenters. The first-order chi connectivity index (χ1) is 10.3. The van der Waals surface area contributed by atoms with Crippen molar-refractivity contribution in [2.75, 3.05) is 52.0 Å². The summed E-state index contributed by atoms with van der Waals surface area (Å²) < 4.78 is 16.5. The second kappa shape index (κ2) is 9.05. The van der Waals surface area contributed by atoms with Crippen LogP contribution in [0, 0.1) is 0 Å². The Morgan fingerprint density at radius 1 is 1.05 bits per heavy atom. The number of nitrogens with one attached hydrogen (secondary N) is 1. The van der Waals surface area contributed by atoms with E-state index in [-0.39, 0.29) is 0 Å². The number of methoxy groups -OCH3 is 2. The summed E-state index contributed by atoms with van der Waals surface area (Å²) >= 11 is 2.07. The third-order valence-corrected chi connectivity index (χ3v) is 4.74. The number of hydrogen-bond acceptors (Lipinski definition) is 4. The number of hydrogen-bond donors (Lipinski definition) is 1. The lowest BCUT2D eigenvalue weighted by Crippen LogP contribution is -3.13. The quantitative estimate of drug-likeness (QED) is 0.737. The summed E-state index contributed by atoms with van der Waals surface area (Å²) in [5.74, 6) is 4.79. The summed E-state index contributed by atoms with van der Waals surface area (Å²) in [7, 11) is 3.30. The molecule has 0 saturated carbocycles. The zero-order valence-corrected chi connectivity index (χ0v) is 13.8. The highest BCUT2D eigenvalue weighted by Gasteiger charge is 2.13. The minimum absolute atomic E-state index is 0.707. The molecule has 0 amide bonds. The molecule has 2 rings (SSSR count).